The van der Waals surface area contributed by atoms with Gasteiger partial charge in [-0.1, -0.05) is 46.6 Å². The Morgan fingerprint density at radius 3 is 2.42 bits per heavy atom. The Bertz CT molecular complexity index is 1360. The molecule has 4 rings (SSSR count). The summed E-state index contributed by atoms with van der Waals surface area (Å²) in [5.74, 6) is -0.435. The van der Waals surface area contributed by atoms with E-state index in [1.54, 1.807) is 18.2 Å². The topological polar surface area (TPSA) is 58.6 Å². The number of rotatable bonds is 7. The minimum Gasteiger partial charge on any atom is -0.488 e. The zero-order valence-corrected chi connectivity index (χ0v) is 23.1. The molecule has 0 aliphatic carbocycles. The van der Waals surface area contributed by atoms with Gasteiger partial charge in [0.2, 0.25) is 0 Å². The molecule has 1 aliphatic heterocycles. The summed E-state index contributed by atoms with van der Waals surface area (Å²) >= 11 is 20.1. The summed E-state index contributed by atoms with van der Waals surface area (Å²) in [7, 11) is -2.37. The molecule has 5 nitrogen and oxygen atoms in total. The van der Waals surface area contributed by atoms with Crippen LogP contribution < -0.4 is 9.46 Å². The van der Waals surface area contributed by atoms with Crippen molar-refractivity contribution in [1.82, 2.24) is 4.90 Å². The molecule has 3 aromatic rings. The fourth-order valence-electron chi connectivity index (χ4n) is 3.59. The van der Waals surface area contributed by atoms with Gasteiger partial charge in [0.25, 0.3) is 10.0 Å². The number of ether oxygens (including phenoxy) is 1. The Morgan fingerprint density at radius 1 is 1.11 bits per heavy atom. The first-order valence-corrected chi connectivity index (χ1v) is 14.6. The van der Waals surface area contributed by atoms with Crippen LogP contribution in [0, 0.1) is 0 Å². The van der Waals surface area contributed by atoms with Gasteiger partial charge in [-0.15, -0.1) is 11.3 Å². The zero-order valence-electron chi connectivity index (χ0n) is 18.4. The first-order valence-electron chi connectivity index (χ1n) is 10.3. The lowest BCUT2D eigenvalue weighted by Crippen LogP contribution is -2.23. The van der Waals surface area contributed by atoms with Crippen LogP contribution in [0.1, 0.15) is 12.0 Å². The van der Waals surface area contributed by atoms with E-state index in [2.05, 4.69) is 4.72 Å². The quantitative estimate of drug-likeness (QED) is 0.294. The molecule has 1 fully saturated rings. The smallest absolute Gasteiger partial charge is 0.419 e. The minimum atomic E-state index is -4.67. The van der Waals surface area contributed by atoms with Gasteiger partial charge in [-0.25, -0.2) is 8.42 Å². The third-order valence-corrected chi connectivity index (χ3v) is 10.0. The number of nitrogens with one attached hydrogen (secondary N) is 1. The molecule has 1 aromatic heterocycles. The first-order chi connectivity index (χ1) is 16.8. The maximum absolute atomic E-state index is 13.6. The number of hydrogen-bond donors (Lipinski definition) is 1. The Kier molecular flexibility index (Phi) is 8.31. The van der Waals surface area contributed by atoms with Crippen LogP contribution in [0.4, 0.5) is 18.9 Å². The summed E-state index contributed by atoms with van der Waals surface area (Å²) in [5, 5.41) is 0.749. The van der Waals surface area contributed by atoms with E-state index in [4.69, 9.17) is 39.5 Å². The molecule has 0 amide bonds. The SMILES string of the molecule is CN1CC[C@@H](Oc2cc(NS(=O)(=O)c3sc(Cl)cc3Sc3cc(Cl)cc(Cl)c3)ccc2C(F)(F)F)C1. The van der Waals surface area contributed by atoms with E-state index in [9.17, 15) is 21.6 Å². The van der Waals surface area contributed by atoms with E-state index in [-0.39, 0.29) is 14.2 Å². The number of hydrogen-bond acceptors (Lipinski definition) is 6. The van der Waals surface area contributed by atoms with E-state index in [0.29, 0.717) is 39.3 Å². The predicted molar refractivity (Wildman–Crippen MR) is 139 cm³/mol. The number of thiophene rings is 1. The minimum absolute atomic E-state index is 0.0735. The highest BCUT2D eigenvalue weighted by molar-refractivity contribution is 8.01. The molecule has 1 saturated heterocycles. The molecule has 2 aromatic carbocycles. The van der Waals surface area contributed by atoms with Gasteiger partial charge in [0.1, 0.15) is 11.9 Å². The fraction of sp³-hybridized carbons (Fsp3) is 0.273. The summed E-state index contributed by atoms with van der Waals surface area (Å²) < 4.78 is 75.4. The Balaban J connectivity index is 1.63. The van der Waals surface area contributed by atoms with E-state index >= 15 is 0 Å². The van der Waals surface area contributed by atoms with Crippen LogP contribution in [0.25, 0.3) is 0 Å². The lowest BCUT2D eigenvalue weighted by molar-refractivity contribution is -0.139. The van der Waals surface area contributed by atoms with Crippen molar-refractivity contribution in [2.24, 2.45) is 0 Å². The molecular weight excluding hydrogens is 600 g/mol. The Morgan fingerprint density at radius 2 is 1.81 bits per heavy atom. The van der Waals surface area contributed by atoms with Crippen molar-refractivity contribution >= 4 is 73.6 Å². The van der Waals surface area contributed by atoms with Gasteiger partial charge in [0.05, 0.1) is 15.6 Å². The van der Waals surface area contributed by atoms with E-state index in [1.807, 2.05) is 11.9 Å². The zero-order chi connectivity index (χ0) is 26.3. The maximum atomic E-state index is 13.6. The van der Waals surface area contributed by atoms with Crippen molar-refractivity contribution in [2.75, 3.05) is 24.9 Å². The van der Waals surface area contributed by atoms with Crippen LogP contribution in [0.3, 0.4) is 0 Å². The third-order valence-electron chi connectivity index (χ3n) is 5.12. The van der Waals surface area contributed by atoms with Crippen molar-refractivity contribution in [3.8, 4) is 5.75 Å². The summed E-state index contributed by atoms with van der Waals surface area (Å²) in [4.78, 5) is 2.84. The first kappa shape index (κ1) is 27.7. The number of nitrogens with zero attached hydrogens (tertiary/aromatic N) is 1. The molecule has 1 atom stereocenters. The summed E-state index contributed by atoms with van der Waals surface area (Å²) in [6.07, 6.45) is -4.54. The molecule has 0 spiro atoms. The lowest BCUT2D eigenvalue weighted by atomic mass is 10.1. The summed E-state index contributed by atoms with van der Waals surface area (Å²) in [5.41, 5.74) is -1.05. The maximum Gasteiger partial charge on any atom is 0.419 e. The Labute approximate surface area is 229 Å². The van der Waals surface area contributed by atoms with Crippen molar-refractivity contribution in [3.05, 3.63) is 62.4 Å². The fourth-order valence-corrected chi connectivity index (χ4v) is 8.66. The molecule has 1 aliphatic rings. The van der Waals surface area contributed by atoms with Crippen LogP contribution in [0.2, 0.25) is 14.4 Å². The highest BCUT2D eigenvalue weighted by atomic mass is 35.5. The average Bonchev–Trinajstić information content (AvgIpc) is 3.31. The van der Waals surface area contributed by atoms with Gasteiger partial charge in [0, 0.05) is 39.0 Å². The van der Waals surface area contributed by atoms with Gasteiger partial charge in [-0.2, -0.15) is 13.2 Å². The molecule has 2 heterocycles. The molecule has 1 N–H and O–H groups in total. The van der Waals surface area contributed by atoms with Crippen molar-refractivity contribution in [2.45, 2.75) is 32.7 Å². The highest BCUT2D eigenvalue weighted by Crippen LogP contribution is 2.43. The van der Waals surface area contributed by atoms with Crippen LogP contribution in [0.5, 0.6) is 5.75 Å². The van der Waals surface area contributed by atoms with Crippen molar-refractivity contribution in [3.63, 3.8) is 0 Å². The van der Waals surface area contributed by atoms with Crippen LogP contribution in [-0.2, 0) is 16.2 Å². The number of sulfonamides is 1. The van der Waals surface area contributed by atoms with Crippen LogP contribution in [-0.4, -0.2) is 39.6 Å². The number of halogens is 6. The van der Waals surface area contributed by atoms with Gasteiger partial charge in [-0.05, 0) is 49.9 Å². The third kappa shape index (κ3) is 6.75. The molecule has 0 unspecified atom stereocenters. The van der Waals surface area contributed by atoms with Crippen molar-refractivity contribution in [1.29, 1.82) is 0 Å². The normalized spacial score (nSPS) is 16.9. The lowest BCUT2D eigenvalue weighted by Gasteiger charge is -2.19. The molecule has 14 heteroatoms. The van der Waals surface area contributed by atoms with Gasteiger partial charge in [-0.3, -0.25) is 4.72 Å². The van der Waals surface area contributed by atoms with E-state index in [1.165, 1.54) is 6.07 Å². The number of likely N-dealkylation sites (tertiary alicyclic amines) is 1. The summed E-state index contributed by atoms with van der Waals surface area (Å²) in [6, 6.07) is 9.17. The molecule has 36 heavy (non-hydrogen) atoms. The molecule has 194 valence electrons. The average molecular weight is 618 g/mol. The second-order valence-corrected chi connectivity index (χ2v) is 13.6. The predicted octanol–water partition coefficient (Wildman–Crippen LogP) is 7.76. The largest absolute Gasteiger partial charge is 0.488 e. The van der Waals surface area contributed by atoms with Crippen molar-refractivity contribution < 1.29 is 26.3 Å². The second-order valence-electron chi connectivity index (χ2n) is 8.01. The molecule has 0 radical (unpaired) electrons. The van der Waals surface area contributed by atoms with Gasteiger partial charge in [0.15, 0.2) is 4.21 Å². The monoisotopic (exact) mass is 616 g/mol. The molecule has 0 saturated carbocycles. The van der Waals surface area contributed by atoms with E-state index in [0.717, 1.165) is 41.3 Å². The van der Waals surface area contributed by atoms with Crippen LogP contribution in [0.15, 0.2) is 56.5 Å². The highest BCUT2D eigenvalue weighted by Gasteiger charge is 2.36. The number of anilines is 1. The standard InChI is InChI=1S/C22H18Cl3F3N2O3S3/c1-30-5-4-15(11-30)33-18-9-14(2-3-17(18)22(26,27)28)29-36(31,32)21-19(10-20(25)35-21)34-16-7-12(23)6-13(24)8-16/h2-3,6-10,15,29H,4-5,11H2,1H3/t15-/m1/s1. The van der Waals surface area contributed by atoms with E-state index < -0.39 is 33.6 Å². The second kappa shape index (κ2) is 10.8. The number of likely N-dealkylation sites (N-methyl/N-ethyl adjacent to an activating group) is 1. The van der Waals surface area contributed by atoms with Crippen LogP contribution >= 0.6 is 57.9 Å². The molecule has 0 bridgehead atoms. The van der Waals surface area contributed by atoms with Gasteiger partial charge < -0.3 is 9.64 Å². The number of alkyl halides is 3. The molecular formula is C22H18Cl3F3N2O3S3. The Hall–Kier alpha value is -1.34. The number of benzene rings is 2. The summed E-state index contributed by atoms with van der Waals surface area (Å²) in [6.45, 7) is 1.16. The van der Waals surface area contributed by atoms with Gasteiger partial charge >= 0.3 is 6.18 Å².